The van der Waals surface area contributed by atoms with Crippen LogP contribution in [0.2, 0.25) is 0 Å². The van der Waals surface area contributed by atoms with Crippen molar-refractivity contribution in [1.82, 2.24) is 0 Å². The first-order valence-corrected chi connectivity index (χ1v) is 7.19. The third kappa shape index (κ3) is 6.39. The number of hydrogen-bond donors (Lipinski definition) is 0. The SMILES string of the molecule is CCOCCCCOC1CCCCC1OCC. The monoisotopic (exact) mass is 244 g/mol. The van der Waals surface area contributed by atoms with Crippen LogP contribution in [-0.4, -0.2) is 38.6 Å². The van der Waals surface area contributed by atoms with Crippen molar-refractivity contribution in [3.8, 4) is 0 Å². The van der Waals surface area contributed by atoms with E-state index >= 15 is 0 Å². The molecule has 102 valence electrons. The van der Waals surface area contributed by atoms with Gasteiger partial charge in [-0.1, -0.05) is 12.8 Å². The fourth-order valence-electron chi connectivity index (χ4n) is 2.34. The largest absolute Gasteiger partial charge is 0.382 e. The summed E-state index contributed by atoms with van der Waals surface area (Å²) in [6.45, 7) is 7.42. The van der Waals surface area contributed by atoms with E-state index in [0.29, 0.717) is 12.2 Å². The van der Waals surface area contributed by atoms with E-state index in [-0.39, 0.29) is 0 Å². The first kappa shape index (κ1) is 14.9. The topological polar surface area (TPSA) is 27.7 Å². The zero-order valence-corrected chi connectivity index (χ0v) is 11.5. The Morgan fingerprint density at radius 1 is 0.824 bits per heavy atom. The second-order valence-electron chi connectivity index (χ2n) is 4.59. The summed E-state index contributed by atoms with van der Waals surface area (Å²) in [7, 11) is 0. The van der Waals surface area contributed by atoms with E-state index in [1.165, 1.54) is 12.8 Å². The van der Waals surface area contributed by atoms with E-state index in [1.807, 2.05) is 6.92 Å². The highest BCUT2D eigenvalue weighted by Gasteiger charge is 2.25. The molecule has 0 N–H and O–H groups in total. The van der Waals surface area contributed by atoms with Gasteiger partial charge in [0.15, 0.2) is 0 Å². The lowest BCUT2D eigenvalue weighted by Crippen LogP contribution is -2.35. The van der Waals surface area contributed by atoms with Gasteiger partial charge in [-0.25, -0.2) is 0 Å². The van der Waals surface area contributed by atoms with Crippen LogP contribution in [0, 0.1) is 0 Å². The first-order valence-electron chi connectivity index (χ1n) is 7.19. The van der Waals surface area contributed by atoms with Crippen molar-refractivity contribution >= 4 is 0 Å². The molecule has 17 heavy (non-hydrogen) atoms. The Kier molecular flexibility index (Phi) is 8.67. The summed E-state index contributed by atoms with van der Waals surface area (Å²) in [4.78, 5) is 0. The molecule has 1 saturated carbocycles. The summed E-state index contributed by atoms with van der Waals surface area (Å²) < 4.78 is 17.0. The molecule has 0 bridgehead atoms. The van der Waals surface area contributed by atoms with Crippen LogP contribution in [0.25, 0.3) is 0 Å². The number of rotatable bonds is 9. The lowest BCUT2D eigenvalue weighted by atomic mass is 9.94. The van der Waals surface area contributed by atoms with Crippen LogP contribution in [0.15, 0.2) is 0 Å². The van der Waals surface area contributed by atoms with Crippen molar-refractivity contribution in [2.75, 3.05) is 26.4 Å². The highest BCUT2D eigenvalue weighted by atomic mass is 16.5. The molecule has 1 rings (SSSR count). The molecule has 2 unspecified atom stereocenters. The molecule has 1 aliphatic carbocycles. The molecule has 0 aromatic carbocycles. The average Bonchev–Trinajstić information content (AvgIpc) is 2.36. The van der Waals surface area contributed by atoms with Crippen molar-refractivity contribution in [1.29, 1.82) is 0 Å². The summed E-state index contributed by atoms with van der Waals surface area (Å²) in [6, 6.07) is 0. The third-order valence-electron chi connectivity index (χ3n) is 3.24. The molecule has 0 aliphatic heterocycles. The minimum Gasteiger partial charge on any atom is -0.382 e. The van der Waals surface area contributed by atoms with Crippen molar-refractivity contribution < 1.29 is 14.2 Å². The molecule has 0 heterocycles. The second-order valence-corrected chi connectivity index (χ2v) is 4.59. The van der Waals surface area contributed by atoms with Crippen LogP contribution >= 0.6 is 0 Å². The van der Waals surface area contributed by atoms with E-state index < -0.39 is 0 Å². The fourth-order valence-corrected chi connectivity index (χ4v) is 2.34. The molecule has 1 aliphatic rings. The normalized spacial score (nSPS) is 25.1. The maximum absolute atomic E-state index is 5.95. The van der Waals surface area contributed by atoms with E-state index in [9.17, 15) is 0 Å². The molecule has 3 nitrogen and oxygen atoms in total. The maximum atomic E-state index is 5.95. The van der Waals surface area contributed by atoms with Crippen LogP contribution in [0.1, 0.15) is 52.4 Å². The Hall–Kier alpha value is -0.120. The zero-order chi connectivity index (χ0) is 12.3. The van der Waals surface area contributed by atoms with Gasteiger partial charge in [0.05, 0.1) is 12.2 Å². The molecule has 0 aromatic rings. The van der Waals surface area contributed by atoms with Gasteiger partial charge in [-0.2, -0.15) is 0 Å². The van der Waals surface area contributed by atoms with E-state index in [4.69, 9.17) is 14.2 Å². The van der Waals surface area contributed by atoms with Gasteiger partial charge in [-0.3, -0.25) is 0 Å². The summed E-state index contributed by atoms with van der Waals surface area (Å²) in [5.41, 5.74) is 0. The average molecular weight is 244 g/mol. The Balaban J connectivity index is 2.06. The number of unbranched alkanes of at least 4 members (excludes halogenated alkanes) is 1. The minimum absolute atomic E-state index is 0.329. The first-order chi connectivity index (χ1) is 8.38. The fraction of sp³-hybridized carbons (Fsp3) is 1.00. The van der Waals surface area contributed by atoms with Crippen LogP contribution in [0.3, 0.4) is 0 Å². The Bertz CT molecular complexity index is 171. The van der Waals surface area contributed by atoms with Gasteiger partial charge in [0.2, 0.25) is 0 Å². The highest BCUT2D eigenvalue weighted by molar-refractivity contribution is 4.76. The van der Waals surface area contributed by atoms with Crippen LogP contribution in [-0.2, 0) is 14.2 Å². The maximum Gasteiger partial charge on any atom is 0.0836 e. The predicted octanol–water partition coefficient (Wildman–Crippen LogP) is 3.17. The Morgan fingerprint density at radius 3 is 2.12 bits per heavy atom. The summed E-state index contributed by atoms with van der Waals surface area (Å²) >= 11 is 0. The molecule has 0 amide bonds. The van der Waals surface area contributed by atoms with Gasteiger partial charge in [0.1, 0.15) is 0 Å². The Labute approximate surface area is 106 Å². The van der Waals surface area contributed by atoms with Gasteiger partial charge < -0.3 is 14.2 Å². The quantitative estimate of drug-likeness (QED) is 0.583. The minimum atomic E-state index is 0.329. The molecular formula is C14H28O3. The molecule has 0 spiro atoms. The second kappa shape index (κ2) is 9.86. The molecule has 0 aromatic heterocycles. The van der Waals surface area contributed by atoms with Gasteiger partial charge in [-0.05, 0) is 39.5 Å². The lowest BCUT2D eigenvalue weighted by Gasteiger charge is -2.31. The number of ether oxygens (including phenoxy) is 3. The van der Waals surface area contributed by atoms with Gasteiger partial charge in [0.25, 0.3) is 0 Å². The Morgan fingerprint density at radius 2 is 1.47 bits per heavy atom. The summed E-state index contributed by atoms with van der Waals surface area (Å²) in [5.74, 6) is 0. The lowest BCUT2D eigenvalue weighted by molar-refractivity contribution is -0.0902. The van der Waals surface area contributed by atoms with Crippen molar-refractivity contribution in [3.05, 3.63) is 0 Å². The van der Waals surface area contributed by atoms with Gasteiger partial charge in [0, 0.05) is 26.4 Å². The van der Waals surface area contributed by atoms with Crippen molar-refractivity contribution in [2.45, 2.75) is 64.6 Å². The molecule has 2 atom stereocenters. The van der Waals surface area contributed by atoms with E-state index in [2.05, 4.69) is 6.92 Å². The third-order valence-corrected chi connectivity index (χ3v) is 3.24. The van der Waals surface area contributed by atoms with Crippen LogP contribution < -0.4 is 0 Å². The predicted molar refractivity (Wildman–Crippen MR) is 69.3 cm³/mol. The summed E-state index contributed by atoms with van der Waals surface area (Å²) in [6.07, 6.45) is 7.75. The van der Waals surface area contributed by atoms with Gasteiger partial charge >= 0.3 is 0 Å². The molecule has 1 fully saturated rings. The van der Waals surface area contributed by atoms with Crippen molar-refractivity contribution in [2.24, 2.45) is 0 Å². The standard InChI is InChI=1S/C14H28O3/c1-3-15-11-7-8-12-17-14-10-6-5-9-13(14)16-4-2/h13-14H,3-12H2,1-2H3. The molecule has 3 heteroatoms. The molecule has 0 radical (unpaired) electrons. The smallest absolute Gasteiger partial charge is 0.0836 e. The highest BCUT2D eigenvalue weighted by Crippen LogP contribution is 2.24. The van der Waals surface area contributed by atoms with Crippen LogP contribution in [0.5, 0.6) is 0 Å². The zero-order valence-electron chi connectivity index (χ0n) is 11.5. The van der Waals surface area contributed by atoms with Crippen molar-refractivity contribution in [3.63, 3.8) is 0 Å². The molecule has 0 saturated heterocycles. The van der Waals surface area contributed by atoms with E-state index in [0.717, 1.165) is 52.1 Å². The van der Waals surface area contributed by atoms with E-state index in [1.54, 1.807) is 0 Å². The van der Waals surface area contributed by atoms with Crippen LogP contribution in [0.4, 0.5) is 0 Å². The molecular weight excluding hydrogens is 216 g/mol. The van der Waals surface area contributed by atoms with Gasteiger partial charge in [-0.15, -0.1) is 0 Å². The number of hydrogen-bond acceptors (Lipinski definition) is 3. The summed E-state index contributed by atoms with van der Waals surface area (Å²) in [5, 5.41) is 0.